The Morgan fingerprint density at radius 2 is 1.83 bits per heavy atom. The van der Waals surface area contributed by atoms with Crippen molar-refractivity contribution in [3.8, 4) is 0 Å². The number of carbonyl (C=O) groups is 4. The van der Waals surface area contributed by atoms with Crippen molar-refractivity contribution >= 4 is 29.3 Å². The number of nitrogens with one attached hydrogen (secondary N) is 2. The Morgan fingerprint density at radius 3 is 2.52 bits per heavy atom. The van der Waals surface area contributed by atoms with E-state index in [2.05, 4.69) is 20.6 Å². The SMILES string of the molecule is NCc1ncc(NCc2ccc3c(c2)C(=O)N(C2CCC(=O)NC2=O)C3=O)cn1. The molecular formula is C19H18N6O4. The minimum Gasteiger partial charge on any atom is -0.378 e. The fraction of sp³-hybridized carbons (Fsp3) is 0.263. The molecule has 4 amide bonds. The van der Waals surface area contributed by atoms with Crippen molar-refractivity contribution in [1.29, 1.82) is 0 Å². The number of amides is 4. The summed E-state index contributed by atoms with van der Waals surface area (Å²) in [5.74, 6) is -1.55. The molecule has 0 aliphatic carbocycles. The molecule has 10 nitrogen and oxygen atoms in total. The molecule has 0 saturated carbocycles. The van der Waals surface area contributed by atoms with Crippen LogP contribution in [-0.4, -0.2) is 44.5 Å². The van der Waals surface area contributed by atoms with Crippen LogP contribution >= 0.6 is 0 Å². The number of fused-ring (bicyclic) bond motifs is 1. The molecule has 29 heavy (non-hydrogen) atoms. The average molecular weight is 394 g/mol. The summed E-state index contributed by atoms with van der Waals surface area (Å²) in [6, 6.07) is 3.97. The second-order valence-corrected chi connectivity index (χ2v) is 6.77. The van der Waals surface area contributed by atoms with Crippen molar-refractivity contribution in [2.24, 2.45) is 5.73 Å². The van der Waals surface area contributed by atoms with Crippen LogP contribution in [0.5, 0.6) is 0 Å². The Balaban J connectivity index is 1.50. The number of hydrogen-bond donors (Lipinski definition) is 3. The molecule has 1 unspecified atom stereocenters. The van der Waals surface area contributed by atoms with E-state index in [4.69, 9.17) is 5.73 Å². The van der Waals surface area contributed by atoms with Crippen molar-refractivity contribution in [1.82, 2.24) is 20.2 Å². The second-order valence-electron chi connectivity index (χ2n) is 6.77. The first-order valence-electron chi connectivity index (χ1n) is 9.07. The highest BCUT2D eigenvalue weighted by molar-refractivity contribution is 6.23. The number of nitrogens with two attached hydrogens (primary N) is 1. The van der Waals surface area contributed by atoms with Gasteiger partial charge in [0.25, 0.3) is 11.8 Å². The van der Waals surface area contributed by atoms with Gasteiger partial charge in [-0.3, -0.25) is 29.4 Å². The summed E-state index contributed by atoms with van der Waals surface area (Å²) < 4.78 is 0. The molecule has 2 aromatic rings. The van der Waals surface area contributed by atoms with Crippen LogP contribution in [0.3, 0.4) is 0 Å². The number of rotatable bonds is 5. The van der Waals surface area contributed by atoms with Crippen molar-refractivity contribution in [2.75, 3.05) is 5.32 Å². The standard InChI is InChI=1S/C19H18N6O4/c20-6-15-22-8-11(9-23-15)21-7-10-1-2-12-13(5-10)19(29)25(18(12)28)14-3-4-16(26)24-17(14)27/h1-2,5,8-9,14,21H,3-4,6-7,20H2,(H,24,26,27). The molecule has 1 aromatic carbocycles. The van der Waals surface area contributed by atoms with Gasteiger partial charge in [0, 0.05) is 13.0 Å². The molecule has 3 heterocycles. The number of piperidine rings is 1. The van der Waals surface area contributed by atoms with Gasteiger partial charge in [-0.15, -0.1) is 0 Å². The number of nitrogens with zero attached hydrogens (tertiary/aromatic N) is 3. The summed E-state index contributed by atoms with van der Waals surface area (Å²) in [7, 11) is 0. The third-order valence-electron chi connectivity index (χ3n) is 4.89. The van der Waals surface area contributed by atoms with Crippen molar-refractivity contribution in [2.45, 2.75) is 32.0 Å². The summed E-state index contributed by atoms with van der Waals surface area (Å²) in [5, 5.41) is 5.32. The van der Waals surface area contributed by atoms with Gasteiger partial charge < -0.3 is 11.1 Å². The Morgan fingerprint density at radius 1 is 1.10 bits per heavy atom. The molecule has 4 N–H and O–H groups in total. The number of imide groups is 2. The Labute approximate surface area is 165 Å². The molecule has 0 bridgehead atoms. The molecule has 0 radical (unpaired) electrons. The summed E-state index contributed by atoms with van der Waals surface area (Å²) in [6.45, 7) is 0.642. The minimum absolute atomic E-state index is 0.0873. The lowest BCUT2D eigenvalue weighted by Gasteiger charge is -2.27. The quantitative estimate of drug-likeness (QED) is 0.598. The van der Waals surface area contributed by atoms with E-state index >= 15 is 0 Å². The van der Waals surface area contributed by atoms with Crippen LogP contribution in [0.1, 0.15) is 44.9 Å². The van der Waals surface area contributed by atoms with Gasteiger partial charge in [0.1, 0.15) is 11.9 Å². The largest absolute Gasteiger partial charge is 0.378 e. The first kappa shape index (κ1) is 18.7. The summed E-state index contributed by atoms with van der Waals surface area (Å²) in [5.41, 5.74) is 7.43. The molecular weight excluding hydrogens is 376 g/mol. The van der Waals surface area contributed by atoms with Gasteiger partial charge in [-0.2, -0.15) is 0 Å². The predicted octanol–water partition coefficient (Wildman–Crippen LogP) is -0.0514. The maximum absolute atomic E-state index is 12.8. The lowest BCUT2D eigenvalue weighted by Crippen LogP contribution is -2.54. The van der Waals surface area contributed by atoms with Gasteiger partial charge in [0.15, 0.2) is 0 Å². The molecule has 148 valence electrons. The first-order chi connectivity index (χ1) is 14.0. The zero-order valence-corrected chi connectivity index (χ0v) is 15.3. The van der Waals surface area contributed by atoms with Crippen LogP contribution in [0.15, 0.2) is 30.6 Å². The molecule has 10 heteroatoms. The van der Waals surface area contributed by atoms with E-state index in [1.54, 1.807) is 30.6 Å². The highest BCUT2D eigenvalue weighted by Gasteiger charge is 2.44. The number of hydrogen-bond acceptors (Lipinski definition) is 8. The van der Waals surface area contributed by atoms with Gasteiger partial charge in [0.05, 0.1) is 35.8 Å². The van der Waals surface area contributed by atoms with Gasteiger partial charge in [-0.1, -0.05) is 6.07 Å². The highest BCUT2D eigenvalue weighted by Crippen LogP contribution is 2.28. The smallest absolute Gasteiger partial charge is 0.262 e. The number of benzene rings is 1. The van der Waals surface area contributed by atoms with Crippen molar-refractivity contribution in [3.05, 3.63) is 53.1 Å². The molecule has 1 saturated heterocycles. The lowest BCUT2D eigenvalue weighted by atomic mass is 10.0. The van der Waals surface area contributed by atoms with Crippen LogP contribution in [-0.2, 0) is 22.7 Å². The van der Waals surface area contributed by atoms with E-state index < -0.39 is 29.7 Å². The van der Waals surface area contributed by atoms with E-state index in [0.717, 1.165) is 10.5 Å². The third kappa shape index (κ3) is 3.45. The van der Waals surface area contributed by atoms with Crippen LogP contribution in [0, 0.1) is 0 Å². The van der Waals surface area contributed by atoms with Crippen LogP contribution in [0.4, 0.5) is 5.69 Å². The zero-order chi connectivity index (χ0) is 20.5. The molecule has 1 atom stereocenters. The average Bonchev–Trinajstić information content (AvgIpc) is 2.97. The van der Waals surface area contributed by atoms with Gasteiger partial charge in [-0.25, -0.2) is 9.97 Å². The predicted molar refractivity (Wildman–Crippen MR) is 100 cm³/mol. The van der Waals surface area contributed by atoms with Gasteiger partial charge in [-0.05, 0) is 24.1 Å². The maximum atomic E-state index is 12.8. The number of aromatic nitrogens is 2. The van der Waals surface area contributed by atoms with E-state index in [-0.39, 0.29) is 30.5 Å². The molecule has 1 aromatic heterocycles. The van der Waals surface area contributed by atoms with Gasteiger partial charge >= 0.3 is 0 Å². The van der Waals surface area contributed by atoms with Crippen molar-refractivity contribution < 1.29 is 19.2 Å². The maximum Gasteiger partial charge on any atom is 0.262 e. The van der Waals surface area contributed by atoms with E-state index in [1.807, 2.05) is 0 Å². The van der Waals surface area contributed by atoms with E-state index in [9.17, 15) is 19.2 Å². The summed E-state index contributed by atoms with van der Waals surface area (Å²) in [4.78, 5) is 58.1. The molecule has 4 rings (SSSR count). The van der Waals surface area contributed by atoms with Crippen LogP contribution in [0.2, 0.25) is 0 Å². The number of carbonyl (C=O) groups excluding carboxylic acids is 4. The lowest BCUT2D eigenvalue weighted by molar-refractivity contribution is -0.136. The first-order valence-corrected chi connectivity index (χ1v) is 9.07. The van der Waals surface area contributed by atoms with E-state index in [1.165, 1.54) is 0 Å². The number of anilines is 1. The highest BCUT2D eigenvalue weighted by atomic mass is 16.2. The Hall–Kier alpha value is -3.66. The normalized spacial score (nSPS) is 18.7. The zero-order valence-electron chi connectivity index (χ0n) is 15.3. The van der Waals surface area contributed by atoms with Crippen LogP contribution < -0.4 is 16.4 Å². The van der Waals surface area contributed by atoms with E-state index in [0.29, 0.717) is 18.1 Å². The fourth-order valence-corrected chi connectivity index (χ4v) is 3.38. The molecule has 0 spiro atoms. The third-order valence-corrected chi connectivity index (χ3v) is 4.89. The van der Waals surface area contributed by atoms with Crippen LogP contribution in [0.25, 0.3) is 0 Å². The minimum atomic E-state index is -0.972. The van der Waals surface area contributed by atoms with Gasteiger partial charge in [0.2, 0.25) is 11.8 Å². The fourth-order valence-electron chi connectivity index (χ4n) is 3.38. The topological polar surface area (TPSA) is 147 Å². The monoisotopic (exact) mass is 394 g/mol. The molecule has 2 aliphatic rings. The Kier molecular flexibility index (Phi) is 4.77. The molecule has 2 aliphatic heterocycles. The second kappa shape index (κ2) is 7.40. The Bertz CT molecular complexity index is 1020. The summed E-state index contributed by atoms with van der Waals surface area (Å²) in [6.07, 6.45) is 3.44. The molecule has 1 fully saturated rings. The summed E-state index contributed by atoms with van der Waals surface area (Å²) >= 11 is 0. The van der Waals surface area contributed by atoms with Crippen molar-refractivity contribution in [3.63, 3.8) is 0 Å².